The lowest BCUT2D eigenvalue weighted by atomic mass is 10.1. The zero-order valence-electron chi connectivity index (χ0n) is 17.9. The molecule has 1 saturated carbocycles. The number of anilines is 1. The molecule has 2 amide bonds. The zero-order valence-corrected chi connectivity index (χ0v) is 17.9. The summed E-state index contributed by atoms with van der Waals surface area (Å²) in [7, 11) is 3.26. The molecule has 0 aromatic carbocycles. The number of H-pyrrole nitrogens is 1. The Morgan fingerprint density at radius 2 is 2.19 bits per heavy atom. The first-order valence-corrected chi connectivity index (χ1v) is 10.4. The third-order valence-corrected chi connectivity index (χ3v) is 5.55. The first kappa shape index (κ1) is 21.3. The minimum Gasteiger partial charge on any atom is -0.444 e. The number of alkyl carbamates (subject to hydrolysis) is 1. The van der Waals surface area contributed by atoms with E-state index in [1.165, 1.54) is 4.68 Å². The zero-order chi connectivity index (χ0) is 22.0. The Morgan fingerprint density at radius 3 is 2.94 bits per heavy atom. The van der Waals surface area contributed by atoms with E-state index in [9.17, 15) is 9.59 Å². The molecule has 1 aliphatic carbocycles. The Labute approximate surface area is 179 Å². The van der Waals surface area contributed by atoms with Crippen LogP contribution in [-0.4, -0.2) is 57.8 Å². The van der Waals surface area contributed by atoms with Gasteiger partial charge in [-0.3, -0.25) is 14.6 Å². The molecule has 1 saturated heterocycles. The molecule has 2 aliphatic rings. The van der Waals surface area contributed by atoms with Gasteiger partial charge in [0.1, 0.15) is 17.9 Å². The maximum absolute atomic E-state index is 12.5. The van der Waals surface area contributed by atoms with Gasteiger partial charge in [0.05, 0.1) is 24.6 Å². The van der Waals surface area contributed by atoms with Crippen LogP contribution in [0.3, 0.4) is 0 Å². The Hall–Kier alpha value is -2.92. The molecule has 2 unspecified atom stereocenters. The highest BCUT2D eigenvalue weighted by atomic mass is 16.6. The van der Waals surface area contributed by atoms with Crippen molar-refractivity contribution < 1.29 is 23.8 Å². The SMILES string of the molecule is COCc1cc(C(=O)Nc2cc(C3CC(OC(=O)N[C@@H](C)C4CC4)CO3)[nH]n2)n(C)n1. The Balaban J connectivity index is 1.28. The van der Waals surface area contributed by atoms with Crippen molar-refractivity contribution in [3.8, 4) is 0 Å². The van der Waals surface area contributed by atoms with Gasteiger partial charge in [-0.05, 0) is 31.7 Å². The van der Waals surface area contributed by atoms with E-state index in [1.807, 2.05) is 6.92 Å². The minimum absolute atomic E-state index is 0.134. The summed E-state index contributed by atoms with van der Waals surface area (Å²) in [5.74, 6) is 0.612. The van der Waals surface area contributed by atoms with Crippen LogP contribution in [0.1, 0.15) is 54.2 Å². The number of carbonyl (C=O) groups is 2. The number of ether oxygens (including phenoxy) is 3. The molecule has 31 heavy (non-hydrogen) atoms. The van der Waals surface area contributed by atoms with E-state index in [1.54, 1.807) is 26.3 Å². The van der Waals surface area contributed by atoms with E-state index < -0.39 is 6.09 Å². The molecular formula is C20H28N6O5. The predicted octanol–water partition coefficient (Wildman–Crippen LogP) is 1.90. The highest BCUT2D eigenvalue weighted by Gasteiger charge is 2.33. The first-order valence-electron chi connectivity index (χ1n) is 10.4. The number of aromatic nitrogens is 4. The van der Waals surface area contributed by atoms with Gasteiger partial charge in [0.2, 0.25) is 0 Å². The van der Waals surface area contributed by atoms with Crippen molar-refractivity contribution in [3.05, 3.63) is 29.2 Å². The lowest BCUT2D eigenvalue weighted by Crippen LogP contribution is -2.36. The van der Waals surface area contributed by atoms with Gasteiger partial charge in [-0.15, -0.1) is 0 Å². The van der Waals surface area contributed by atoms with Gasteiger partial charge in [0.25, 0.3) is 5.91 Å². The average Bonchev–Trinajstić information content (AvgIpc) is 3.11. The summed E-state index contributed by atoms with van der Waals surface area (Å²) in [4.78, 5) is 24.6. The maximum atomic E-state index is 12.5. The molecule has 0 spiro atoms. The van der Waals surface area contributed by atoms with E-state index in [0.717, 1.165) is 12.8 Å². The number of hydrogen-bond donors (Lipinski definition) is 3. The molecule has 0 radical (unpaired) electrons. The molecule has 0 bridgehead atoms. The summed E-state index contributed by atoms with van der Waals surface area (Å²) in [6.45, 7) is 2.64. The number of aromatic amines is 1. The van der Waals surface area contributed by atoms with Gasteiger partial charge in [-0.25, -0.2) is 4.79 Å². The molecule has 4 rings (SSSR count). The van der Waals surface area contributed by atoms with Crippen molar-refractivity contribution in [2.75, 3.05) is 19.0 Å². The molecule has 3 heterocycles. The topological polar surface area (TPSA) is 132 Å². The van der Waals surface area contributed by atoms with Gasteiger partial charge in [0.15, 0.2) is 5.82 Å². The summed E-state index contributed by atoms with van der Waals surface area (Å²) < 4.78 is 17.8. The van der Waals surface area contributed by atoms with Gasteiger partial charge < -0.3 is 24.8 Å². The van der Waals surface area contributed by atoms with E-state index >= 15 is 0 Å². The van der Waals surface area contributed by atoms with Gasteiger partial charge in [0, 0.05) is 32.7 Å². The average molecular weight is 432 g/mol. The number of carbonyl (C=O) groups excluding carboxylic acids is 2. The van der Waals surface area contributed by atoms with Crippen molar-refractivity contribution in [2.45, 2.75) is 51.0 Å². The van der Waals surface area contributed by atoms with Crippen LogP contribution >= 0.6 is 0 Å². The van der Waals surface area contributed by atoms with Crippen LogP contribution in [0.15, 0.2) is 12.1 Å². The van der Waals surface area contributed by atoms with Crippen molar-refractivity contribution >= 4 is 17.8 Å². The van der Waals surface area contributed by atoms with Crippen LogP contribution in [0.4, 0.5) is 10.6 Å². The highest BCUT2D eigenvalue weighted by Crippen LogP contribution is 2.33. The minimum atomic E-state index is -0.407. The predicted molar refractivity (Wildman–Crippen MR) is 109 cm³/mol. The highest BCUT2D eigenvalue weighted by molar-refractivity contribution is 6.02. The standard InChI is InChI=1S/C20H28N6O5/c1-11(12-4-5-12)21-20(28)31-14-7-17(30-10-14)15-8-18(24-23-15)22-19(27)16-6-13(9-29-3)25-26(16)2/h6,8,11-12,14,17H,4-5,7,9-10H2,1-3H3,(H,21,28)(H2,22,23,24,27)/t11-,14?,17?/m0/s1. The number of rotatable bonds is 8. The van der Waals surface area contributed by atoms with E-state index in [2.05, 4.69) is 25.9 Å². The lowest BCUT2D eigenvalue weighted by Gasteiger charge is -2.15. The van der Waals surface area contributed by atoms with Crippen LogP contribution in [0, 0.1) is 5.92 Å². The van der Waals surface area contributed by atoms with E-state index in [0.29, 0.717) is 48.5 Å². The fraction of sp³-hybridized carbons (Fsp3) is 0.600. The summed E-state index contributed by atoms with van der Waals surface area (Å²) in [6.07, 6.45) is 1.81. The largest absolute Gasteiger partial charge is 0.444 e. The lowest BCUT2D eigenvalue weighted by molar-refractivity contribution is 0.0676. The molecule has 2 aromatic rings. The molecule has 1 aliphatic heterocycles. The number of nitrogens with one attached hydrogen (secondary N) is 3. The van der Waals surface area contributed by atoms with Crippen molar-refractivity contribution in [2.24, 2.45) is 13.0 Å². The number of aryl methyl sites for hydroxylation is 1. The molecule has 11 nitrogen and oxygen atoms in total. The Morgan fingerprint density at radius 1 is 1.39 bits per heavy atom. The molecule has 3 atom stereocenters. The fourth-order valence-corrected chi connectivity index (χ4v) is 3.69. The second kappa shape index (κ2) is 9.06. The summed E-state index contributed by atoms with van der Waals surface area (Å²) in [5, 5.41) is 16.9. The van der Waals surface area contributed by atoms with Crippen LogP contribution in [-0.2, 0) is 27.9 Å². The van der Waals surface area contributed by atoms with Crippen LogP contribution in [0.2, 0.25) is 0 Å². The van der Waals surface area contributed by atoms with Crippen molar-refractivity contribution in [1.82, 2.24) is 25.3 Å². The third kappa shape index (κ3) is 5.23. The Kier molecular flexibility index (Phi) is 6.23. The van der Waals surface area contributed by atoms with Crippen LogP contribution < -0.4 is 10.6 Å². The summed E-state index contributed by atoms with van der Waals surface area (Å²) in [6, 6.07) is 3.52. The van der Waals surface area contributed by atoms with Gasteiger partial charge >= 0.3 is 6.09 Å². The van der Waals surface area contributed by atoms with Gasteiger partial charge in [-0.1, -0.05) is 0 Å². The molecular weight excluding hydrogens is 404 g/mol. The van der Waals surface area contributed by atoms with E-state index in [4.69, 9.17) is 14.2 Å². The molecule has 2 aromatic heterocycles. The van der Waals surface area contributed by atoms with Gasteiger partial charge in [-0.2, -0.15) is 10.2 Å². The molecule has 168 valence electrons. The van der Waals surface area contributed by atoms with Crippen molar-refractivity contribution in [1.29, 1.82) is 0 Å². The van der Waals surface area contributed by atoms with E-state index in [-0.39, 0.29) is 24.2 Å². The molecule has 3 N–H and O–H groups in total. The van der Waals surface area contributed by atoms with Crippen LogP contribution in [0.5, 0.6) is 0 Å². The molecule has 2 fully saturated rings. The normalized spacial score (nSPS) is 21.6. The summed E-state index contributed by atoms with van der Waals surface area (Å²) >= 11 is 0. The fourth-order valence-electron chi connectivity index (χ4n) is 3.69. The number of amides is 2. The quantitative estimate of drug-likeness (QED) is 0.580. The number of nitrogens with zero attached hydrogens (tertiary/aromatic N) is 3. The second-order valence-corrected chi connectivity index (χ2v) is 8.10. The maximum Gasteiger partial charge on any atom is 0.407 e. The third-order valence-electron chi connectivity index (χ3n) is 5.55. The monoisotopic (exact) mass is 432 g/mol. The number of hydrogen-bond acceptors (Lipinski definition) is 7. The van der Waals surface area contributed by atoms with Crippen LogP contribution in [0.25, 0.3) is 0 Å². The second-order valence-electron chi connectivity index (χ2n) is 8.10. The smallest absolute Gasteiger partial charge is 0.407 e. The summed E-state index contributed by atoms with van der Waals surface area (Å²) in [5.41, 5.74) is 1.77. The molecule has 11 heteroatoms. The Bertz CT molecular complexity index is 936. The van der Waals surface area contributed by atoms with Crippen molar-refractivity contribution in [3.63, 3.8) is 0 Å². The number of methoxy groups -OCH3 is 1. The first-order chi connectivity index (χ1) is 14.9.